The van der Waals surface area contributed by atoms with Crippen molar-refractivity contribution in [3.8, 4) is 0 Å². The lowest BCUT2D eigenvalue weighted by Crippen LogP contribution is -2.46. The Kier molecular flexibility index (Phi) is 4.84. The number of halogens is 2. The molecule has 1 aromatic rings. The van der Waals surface area contributed by atoms with Crippen LogP contribution < -0.4 is 5.32 Å². The Bertz CT molecular complexity index is 475. The fourth-order valence-corrected chi connectivity index (χ4v) is 2.50. The first kappa shape index (κ1) is 14.8. The van der Waals surface area contributed by atoms with Gasteiger partial charge in [-0.2, -0.15) is 0 Å². The van der Waals surface area contributed by atoms with E-state index in [0.29, 0.717) is 36.6 Å². The summed E-state index contributed by atoms with van der Waals surface area (Å²) >= 11 is 9.28. The van der Waals surface area contributed by atoms with Crippen LogP contribution in [0.4, 0.5) is 0 Å². The molecule has 2 rings (SSSR count). The van der Waals surface area contributed by atoms with E-state index in [1.54, 1.807) is 18.2 Å². The van der Waals surface area contributed by atoms with Crippen LogP contribution in [-0.2, 0) is 4.74 Å². The highest BCUT2D eigenvalue weighted by molar-refractivity contribution is 9.10. The highest BCUT2D eigenvalue weighted by Crippen LogP contribution is 2.22. The largest absolute Gasteiger partial charge is 0.388 e. The first-order chi connectivity index (χ1) is 9.00. The number of ether oxygens (including phenoxy) is 1. The van der Waals surface area contributed by atoms with Crippen molar-refractivity contribution >= 4 is 33.4 Å². The molecule has 1 amide bonds. The molecule has 19 heavy (non-hydrogen) atoms. The van der Waals surface area contributed by atoms with Gasteiger partial charge < -0.3 is 15.2 Å². The van der Waals surface area contributed by atoms with Gasteiger partial charge in [-0.25, -0.2) is 0 Å². The van der Waals surface area contributed by atoms with Crippen LogP contribution in [0.15, 0.2) is 22.7 Å². The Morgan fingerprint density at radius 2 is 2.16 bits per heavy atom. The van der Waals surface area contributed by atoms with E-state index >= 15 is 0 Å². The number of amides is 1. The van der Waals surface area contributed by atoms with Gasteiger partial charge in [0, 0.05) is 37.1 Å². The van der Waals surface area contributed by atoms with Crippen molar-refractivity contribution in [2.45, 2.75) is 18.4 Å². The van der Waals surface area contributed by atoms with E-state index in [1.165, 1.54) is 0 Å². The molecule has 0 aliphatic carbocycles. The van der Waals surface area contributed by atoms with E-state index in [1.807, 2.05) is 0 Å². The summed E-state index contributed by atoms with van der Waals surface area (Å²) in [6.45, 7) is 1.24. The molecule has 1 saturated heterocycles. The van der Waals surface area contributed by atoms with E-state index in [4.69, 9.17) is 16.3 Å². The zero-order chi connectivity index (χ0) is 13.9. The van der Waals surface area contributed by atoms with Crippen molar-refractivity contribution in [1.29, 1.82) is 0 Å². The second-order valence-electron chi connectivity index (χ2n) is 4.64. The molecule has 1 aromatic carbocycles. The van der Waals surface area contributed by atoms with Gasteiger partial charge in [-0.05, 0) is 18.2 Å². The molecule has 1 aliphatic rings. The Hall–Kier alpha value is -0.620. The van der Waals surface area contributed by atoms with Gasteiger partial charge in [0.1, 0.15) is 0 Å². The minimum Gasteiger partial charge on any atom is -0.388 e. The summed E-state index contributed by atoms with van der Waals surface area (Å²) in [5, 5.41) is 13.4. The summed E-state index contributed by atoms with van der Waals surface area (Å²) in [7, 11) is 0. The highest BCUT2D eigenvalue weighted by Gasteiger charge is 2.30. The second-order valence-corrected chi connectivity index (χ2v) is 5.97. The standard InChI is InChI=1S/C13H15BrClNO3/c14-9-1-2-11(15)10(7-9)12(17)16-8-13(18)3-5-19-6-4-13/h1-2,7,18H,3-6,8H2,(H,16,17). The molecule has 2 N–H and O–H groups in total. The van der Waals surface area contributed by atoms with Crippen LogP contribution in [0.5, 0.6) is 0 Å². The summed E-state index contributed by atoms with van der Waals surface area (Å²) in [4.78, 5) is 12.0. The van der Waals surface area contributed by atoms with Gasteiger partial charge in [0.2, 0.25) is 0 Å². The van der Waals surface area contributed by atoms with Gasteiger partial charge >= 0.3 is 0 Å². The number of rotatable bonds is 3. The van der Waals surface area contributed by atoms with Gasteiger partial charge in [0.25, 0.3) is 5.91 Å². The molecule has 0 aromatic heterocycles. The van der Waals surface area contributed by atoms with Crippen LogP contribution in [0.25, 0.3) is 0 Å². The van der Waals surface area contributed by atoms with E-state index in [-0.39, 0.29) is 12.5 Å². The van der Waals surface area contributed by atoms with Gasteiger partial charge in [0.15, 0.2) is 0 Å². The summed E-state index contributed by atoms with van der Waals surface area (Å²) < 4.78 is 5.98. The molecular weight excluding hydrogens is 334 g/mol. The highest BCUT2D eigenvalue weighted by atomic mass is 79.9. The Labute approximate surface area is 125 Å². The maximum absolute atomic E-state index is 12.0. The molecule has 0 spiro atoms. The summed E-state index contributed by atoms with van der Waals surface area (Å²) in [6.07, 6.45) is 1.05. The van der Waals surface area contributed by atoms with E-state index in [0.717, 1.165) is 4.47 Å². The second kappa shape index (κ2) is 6.22. The van der Waals surface area contributed by atoms with Gasteiger partial charge in [-0.1, -0.05) is 27.5 Å². The number of carbonyl (C=O) groups excluding carboxylic acids is 1. The van der Waals surface area contributed by atoms with Crippen molar-refractivity contribution in [1.82, 2.24) is 5.32 Å². The molecule has 0 bridgehead atoms. The monoisotopic (exact) mass is 347 g/mol. The lowest BCUT2D eigenvalue weighted by molar-refractivity contribution is -0.0605. The van der Waals surface area contributed by atoms with Crippen LogP contribution in [0.2, 0.25) is 5.02 Å². The van der Waals surface area contributed by atoms with Crippen LogP contribution in [0, 0.1) is 0 Å². The van der Waals surface area contributed by atoms with Crippen molar-refractivity contribution in [3.63, 3.8) is 0 Å². The van der Waals surface area contributed by atoms with E-state index < -0.39 is 5.60 Å². The zero-order valence-corrected chi connectivity index (χ0v) is 12.6. The molecular formula is C13H15BrClNO3. The predicted molar refractivity (Wildman–Crippen MR) is 76.5 cm³/mol. The van der Waals surface area contributed by atoms with Crippen LogP contribution >= 0.6 is 27.5 Å². The van der Waals surface area contributed by atoms with E-state index in [2.05, 4.69) is 21.2 Å². The summed E-state index contributed by atoms with van der Waals surface area (Å²) in [6, 6.07) is 5.08. The Morgan fingerprint density at radius 3 is 2.84 bits per heavy atom. The SMILES string of the molecule is O=C(NCC1(O)CCOCC1)c1cc(Br)ccc1Cl. The topological polar surface area (TPSA) is 58.6 Å². The third-order valence-electron chi connectivity index (χ3n) is 3.17. The molecule has 4 nitrogen and oxygen atoms in total. The molecule has 0 saturated carbocycles. The van der Waals surface area contributed by atoms with Crippen molar-refractivity contribution < 1.29 is 14.6 Å². The van der Waals surface area contributed by atoms with E-state index in [9.17, 15) is 9.90 Å². The maximum atomic E-state index is 12.0. The quantitative estimate of drug-likeness (QED) is 0.882. The lowest BCUT2D eigenvalue weighted by atomic mass is 9.94. The first-order valence-corrected chi connectivity index (χ1v) is 7.21. The number of nitrogens with one attached hydrogen (secondary N) is 1. The normalized spacial score (nSPS) is 18.1. The average Bonchev–Trinajstić information content (AvgIpc) is 2.40. The zero-order valence-electron chi connectivity index (χ0n) is 10.3. The van der Waals surface area contributed by atoms with Crippen molar-refractivity contribution in [3.05, 3.63) is 33.3 Å². The average molecular weight is 349 g/mol. The molecule has 1 heterocycles. The molecule has 0 unspecified atom stereocenters. The van der Waals surface area contributed by atoms with Crippen molar-refractivity contribution in [2.75, 3.05) is 19.8 Å². The minimum atomic E-state index is -0.883. The molecule has 1 fully saturated rings. The first-order valence-electron chi connectivity index (χ1n) is 6.04. The van der Waals surface area contributed by atoms with Gasteiger partial charge in [-0.3, -0.25) is 4.79 Å². The van der Waals surface area contributed by atoms with Crippen LogP contribution in [-0.4, -0.2) is 36.4 Å². The number of hydrogen-bond donors (Lipinski definition) is 2. The van der Waals surface area contributed by atoms with Crippen LogP contribution in [0.1, 0.15) is 23.2 Å². The minimum absolute atomic E-state index is 0.206. The number of benzene rings is 1. The predicted octanol–water partition coefficient (Wildman–Crippen LogP) is 2.37. The fraction of sp³-hybridized carbons (Fsp3) is 0.462. The van der Waals surface area contributed by atoms with Crippen LogP contribution in [0.3, 0.4) is 0 Å². The summed E-state index contributed by atoms with van der Waals surface area (Å²) in [5.74, 6) is -0.286. The van der Waals surface area contributed by atoms with Gasteiger partial charge in [-0.15, -0.1) is 0 Å². The molecule has 104 valence electrons. The maximum Gasteiger partial charge on any atom is 0.252 e. The van der Waals surface area contributed by atoms with Crippen molar-refractivity contribution in [2.24, 2.45) is 0 Å². The fourth-order valence-electron chi connectivity index (χ4n) is 1.94. The Morgan fingerprint density at radius 1 is 1.47 bits per heavy atom. The third-order valence-corrected chi connectivity index (χ3v) is 4.00. The lowest BCUT2D eigenvalue weighted by Gasteiger charge is -2.32. The molecule has 6 heteroatoms. The Balaban J connectivity index is 1.99. The molecule has 0 radical (unpaired) electrons. The molecule has 0 atom stereocenters. The summed E-state index contributed by atoms with van der Waals surface area (Å²) in [5.41, 5.74) is -0.487. The number of hydrogen-bond acceptors (Lipinski definition) is 3. The molecule has 1 aliphatic heterocycles. The smallest absolute Gasteiger partial charge is 0.252 e. The number of carbonyl (C=O) groups is 1. The number of aliphatic hydroxyl groups is 1. The third kappa shape index (κ3) is 3.92. The van der Waals surface area contributed by atoms with Gasteiger partial charge in [0.05, 0.1) is 16.2 Å².